The van der Waals surface area contributed by atoms with Crippen LogP contribution < -0.4 is 0 Å². The van der Waals surface area contributed by atoms with Gasteiger partial charge in [-0.05, 0) is 101 Å². The molecule has 0 amide bonds. The van der Waals surface area contributed by atoms with Gasteiger partial charge >= 0.3 is 0 Å². The number of rotatable bonds is 5. The van der Waals surface area contributed by atoms with Crippen LogP contribution in [-0.2, 0) is 0 Å². The molecule has 0 bridgehead atoms. The molecule has 4 aromatic carbocycles. The number of fused-ring (bicyclic) bond motifs is 7. The lowest BCUT2D eigenvalue weighted by Crippen LogP contribution is -2.15. The van der Waals surface area contributed by atoms with Crippen LogP contribution in [-0.4, -0.2) is 30.4 Å². The minimum absolute atomic E-state index is 0.147. The third-order valence-electron chi connectivity index (χ3n) is 10.4. The van der Waals surface area contributed by atoms with Crippen LogP contribution in [0.5, 0.6) is 0 Å². The van der Waals surface area contributed by atoms with Gasteiger partial charge in [-0.2, -0.15) is 15.8 Å². The molecule has 9 rings (SSSR count). The van der Waals surface area contributed by atoms with E-state index in [1.54, 1.807) is 12.4 Å². The number of benzene rings is 4. The molecule has 0 saturated heterocycles. The van der Waals surface area contributed by atoms with Crippen LogP contribution in [0.2, 0.25) is 0 Å². The Morgan fingerprint density at radius 2 is 1.00 bits per heavy atom. The Labute approximate surface area is 316 Å². The van der Waals surface area contributed by atoms with E-state index in [4.69, 9.17) is 9.97 Å². The topological polar surface area (TPSA) is 124 Å². The molecule has 5 aromatic heterocycles. The largest absolute Gasteiger partial charge is 0.305 e. The van der Waals surface area contributed by atoms with Crippen molar-refractivity contribution < 1.29 is 0 Å². The number of hydrogen-bond donors (Lipinski definition) is 0. The highest BCUT2D eigenvalue weighted by molar-refractivity contribution is 6.10. The molecule has 5 heterocycles. The van der Waals surface area contributed by atoms with Gasteiger partial charge in [-0.1, -0.05) is 41.0 Å². The molecule has 260 valence electrons. The summed E-state index contributed by atoms with van der Waals surface area (Å²) in [5.41, 5.74) is 11.0. The Morgan fingerprint density at radius 1 is 0.582 bits per heavy atom. The lowest BCUT2D eigenvalue weighted by Gasteiger charge is -2.23. The molecular formula is C46H31N9. The van der Waals surface area contributed by atoms with Crippen LogP contribution in [0.1, 0.15) is 46.0 Å². The highest BCUT2D eigenvalue weighted by atomic mass is 15.1. The molecular weight excluding hydrogens is 679 g/mol. The van der Waals surface area contributed by atoms with Crippen LogP contribution in [0.3, 0.4) is 0 Å². The van der Waals surface area contributed by atoms with Crippen molar-refractivity contribution in [1.29, 1.82) is 15.8 Å². The minimum atomic E-state index is 0.147. The predicted octanol–water partition coefficient (Wildman–Crippen LogP) is 10.5. The van der Waals surface area contributed by atoms with E-state index in [0.29, 0.717) is 39.5 Å². The zero-order valence-corrected chi connectivity index (χ0v) is 30.5. The van der Waals surface area contributed by atoms with Gasteiger partial charge in [0.15, 0.2) is 0 Å². The summed E-state index contributed by atoms with van der Waals surface area (Å²) >= 11 is 0. The number of allylic oxidation sites excluding steroid dienone is 1. The molecule has 9 nitrogen and oxygen atoms in total. The second-order valence-electron chi connectivity index (χ2n) is 13.7. The highest BCUT2D eigenvalue weighted by Crippen LogP contribution is 2.46. The van der Waals surface area contributed by atoms with E-state index >= 15 is 0 Å². The summed E-state index contributed by atoms with van der Waals surface area (Å²) in [6, 6.07) is 33.3. The highest BCUT2D eigenvalue weighted by Gasteiger charge is 2.33. The molecule has 0 N–H and O–H groups in total. The molecule has 55 heavy (non-hydrogen) atoms. The Balaban J connectivity index is 1.62. The van der Waals surface area contributed by atoms with Crippen molar-refractivity contribution >= 4 is 73.3 Å². The number of nitrogens with zero attached hydrogens (tertiary/aromatic N) is 9. The third kappa shape index (κ3) is 4.59. The Bertz CT molecular complexity index is 3150. The second kappa shape index (κ2) is 12.4. The summed E-state index contributed by atoms with van der Waals surface area (Å²) in [5.74, 6) is 0. The van der Waals surface area contributed by atoms with Crippen molar-refractivity contribution in [1.82, 2.24) is 23.7 Å². The van der Waals surface area contributed by atoms with E-state index in [1.165, 1.54) is 0 Å². The van der Waals surface area contributed by atoms with Gasteiger partial charge in [0.1, 0.15) is 34.9 Å². The number of hydrogen-bond acceptors (Lipinski definition) is 6. The molecule has 0 unspecified atom stereocenters. The molecule has 0 aliphatic rings. The first-order valence-corrected chi connectivity index (χ1v) is 17.8. The van der Waals surface area contributed by atoms with Gasteiger partial charge in [-0.3, -0.25) is 15.0 Å². The molecule has 0 saturated carbocycles. The lowest BCUT2D eigenvalue weighted by atomic mass is 9.96. The molecule has 0 spiro atoms. The van der Waals surface area contributed by atoms with E-state index in [-0.39, 0.29) is 16.7 Å². The molecule has 9 heteroatoms. The van der Waals surface area contributed by atoms with Crippen molar-refractivity contribution in [2.75, 3.05) is 0 Å². The normalized spacial score (nSPS) is 11.6. The van der Waals surface area contributed by atoms with Crippen molar-refractivity contribution in [2.45, 2.75) is 27.7 Å². The van der Waals surface area contributed by atoms with Gasteiger partial charge in [-0.25, -0.2) is 0 Å². The van der Waals surface area contributed by atoms with Gasteiger partial charge in [0, 0.05) is 28.6 Å². The second-order valence-corrected chi connectivity index (χ2v) is 13.7. The van der Waals surface area contributed by atoms with Crippen LogP contribution in [0.15, 0.2) is 102 Å². The molecule has 0 fully saturated rings. The average Bonchev–Trinajstić information content (AvgIpc) is 3.80. The van der Waals surface area contributed by atoms with Gasteiger partial charge in [0.2, 0.25) is 0 Å². The Kier molecular flexibility index (Phi) is 7.46. The van der Waals surface area contributed by atoms with E-state index < -0.39 is 0 Å². The zero-order chi connectivity index (χ0) is 38.1. The minimum Gasteiger partial charge on any atom is -0.305 e. The first-order valence-electron chi connectivity index (χ1n) is 17.8. The maximum Gasteiger partial charge on any atom is 0.104 e. The van der Waals surface area contributed by atoms with E-state index in [2.05, 4.69) is 42.1 Å². The number of aryl methyl sites for hydroxylation is 3. The maximum absolute atomic E-state index is 11.5. The quantitative estimate of drug-likeness (QED) is 0.165. The Hall–Kier alpha value is -7.80. The van der Waals surface area contributed by atoms with E-state index in [9.17, 15) is 15.8 Å². The molecule has 9 aromatic rings. The van der Waals surface area contributed by atoms with Gasteiger partial charge in [0.25, 0.3) is 0 Å². The number of aliphatic imine (C=N–C) groups is 1. The van der Waals surface area contributed by atoms with Crippen molar-refractivity contribution in [3.63, 3.8) is 0 Å². The van der Waals surface area contributed by atoms with Crippen LogP contribution in [0.4, 0.5) is 5.69 Å². The smallest absolute Gasteiger partial charge is 0.104 e. The zero-order valence-electron chi connectivity index (χ0n) is 30.5. The summed E-state index contributed by atoms with van der Waals surface area (Å²) in [6.07, 6.45) is 7.31. The summed E-state index contributed by atoms with van der Waals surface area (Å²) in [5, 5.41) is 37.1. The van der Waals surface area contributed by atoms with Crippen molar-refractivity contribution in [2.24, 2.45) is 4.99 Å². The van der Waals surface area contributed by atoms with E-state index in [1.807, 2.05) is 120 Å². The van der Waals surface area contributed by atoms with Crippen molar-refractivity contribution in [3.8, 4) is 35.3 Å². The van der Waals surface area contributed by atoms with Crippen LogP contribution >= 0.6 is 0 Å². The van der Waals surface area contributed by atoms with E-state index in [0.717, 1.165) is 60.4 Å². The fourth-order valence-corrected chi connectivity index (χ4v) is 8.21. The fraction of sp³-hybridized carbons (Fsp3) is 0.0870. The lowest BCUT2D eigenvalue weighted by molar-refractivity contribution is 1.04. The van der Waals surface area contributed by atoms with Gasteiger partial charge in [-0.15, -0.1) is 0 Å². The molecule has 0 aliphatic heterocycles. The Morgan fingerprint density at radius 3 is 1.42 bits per heavy atom. The number of nitriles is 3. The van der Waals surface area contributed by atoms with Gasteiger partial charge < -0.3 is 13.7 Å². The summed E-state index contributed by atoms with van der Waals surface area (Å²) in [7, 11) is 0. The van der Waals surface area contributed by atoms with Crippen LogP contribution in [0.25, 0.3) is 77.9 Å². The summed E-state index contributed by atoms with van der Waals surface area (Å²) in [6.45, 7) is 11.9. The monoisotopic (exact) mass is 709 g/mol. The fourth-order valence-electron chi connectivity index (χ4n) is 8.21. The van der Waals surface area contributed by atoms with Crippen molar-refractivity contribution in [3.05, 3.63) is 136 Å². The SMILES string of the molecule is C=Nc1c(/C=C\C)n(-c2c(C#N)c(-n3c4ccc(C)cc4c4ncccc43)c(C#N)c(-n3c4ccc(C)cc4c4ncccc43)c2C#N)c2ccc(C)cc12. The number of pyridine rings is 2. The standard InChI is InChI=1S/C46H31N9/c1-6-9-38-41(50-5)29-20-26(2)12-15-35(29)53(38)44-32(23-47)45(54-36-16-13-27(3)21-30(36)42-39(54)10-7-18-51-42)34(25-49)46(33(44)24-48)55-37-17-14-28(4)22-31(37)43-40(55)11-8-19-52-43/h6-22H,5H2,1-4H3/b9-6-. The third-order valence-corrected chi connectivity index (χ3v) is 10.4. The molecule has 0 aliphatic carbocycles. The van der Waals surface area contributed by atoms with Gasteiger partial charge in [0.05, 0.1) is 67.1 Å². The first kappa shape index (κ1) is 33.1. The number of aromatic nitrogens is 5. The average molecular weight is 710 g/mol. The molecule has 0 radical (unpaired) electrons. The summed E-state index contributed by atoms with van der Waals surface area (Å²) in [4.78, 5) is 14.1. The predicted molar refractivity (Wildman–Crippen MR) is 220 cm³/mol. The maximum atomic E-state index is 11.5. The first-order chi connectivity index (χ1) is 26.8. The molecule has 0 atom stereocenters. The summed E-state index contributed by atoms with van der Waals surface area (Å²) < 4.78 is 5.84. The van der Waals surface area contributed by atoms with Crippen LogP contribution in [0, 0.1) is 54.8 Å².